The summed E-state index contributed by atoms with van der Waals surface area (Å²) in [6, 6.07) is 7.94. The van der Waals surface area contributed by atoms with Crippen LogP contribution in [0.3, 0.4) is 0 Å². The van der Waals surface area contributed by atoms with Gasteiger partial charge in [-0.1, -0.05) is 25.6 Å². The van der Waals surface area contributed by atoms with Crippen molar-refractivity contribution in [2.75, 3.05) is 14.1 Å². The molecule has 0 unspecified atom stereocenters. The van der Waals surface area contributed by atoms with Crippen LogP contribution >= 0.6 is 11.8 Å². The molecule has 0 spiro atoms. The molecule has 3 heteroatoms. The van der Waals surface area contributed by atoms with Gasteiger partial charge in [-0.2, -0.15) is 0 Å². The Morgan fingerprint density at radius 3 is 2.31 bits per heavy atom. The molecule has 0 atom stereocenters. The summed E-state index contributed by atoms with van der Waals surface area (Å²) in [5, 5.41) is 0.0436. The van der Waals surface area contributed by atoms with Crippen LogP contribution in [0.25, 0.3) is 5.57 Å². The summed E-state index contributed by atoms with van der Waals surface area (Å²) >= 11 is 1.24. The Morgan fingerprint density at radius 2 is 1.88 bits per heavy atom. The lowest BCUT2D eigenvalue weighted by Crippen LogP contribution is -2.15. The maximum Gasteiger partial charge on any atom is 0.285 e. The highest BCUT2D eigenvalue weighted by atomic mass is 32.2. The van der Waals surface area contributed by atoms with Gasteiger partial charge in [-0.15, -0.1) is 0 Å². The number of hydrogen-bond acceptors (Lipinski definition) is 2. The lowest BCUT2D eigenvalue weighted by Gasteiger charge is -2.09. The average molecular weight is 235 g/mol. The van der Waals surface area contributed by atoms with E-state index in [-0.39, 0.29) is 5.24 Å². The highest BCUT2D eigenvalue weighted by Gasteiger charge is 2.06. The zero-order chi connectivity index (χ0) is 12.1. The van der Waals surface area contributed by atoms with Crippen molar-refractivity contribution in [3.05, 3.63) is 36.4 Å². The summed E-state index contributed by atoms with van der Waals surface area (Å²) in [5.74, 6) is 0. The zero-order valence-electron chi connectivity index (χ0n) is 9.99. The number of thioether (sulfide) groups is 1. The molecule has 0 aromatic heterocycles. The van der Waals surface area contributed by atoms with Crippen LogP contribution in [0.5, 0.6) is 0 Å². The number of rotatable bonds is 3. The molecule has 0 aliphatic heterocycles. The average Bonchev–Trinajstić information content (AvgIpc) is 2.28. The second kappa shape index (κ2) is 5.75. The largest absolute Gasteiger partial charge is 0.339 e. The SMILES string of the molecule is C=C(CC)c1ccc(SC(=O)N(C)C)cc1. The summed E-state index contributed by atoms with van der Waals surface area (Å²) in [6.07, 6.45) is 0.948. The van der Waals surface area contributed by atoms with Crippen molar-refractivity contribution in [3.63, 3.8) is 0 Å². The number of carbonyl (C=O) groups excluding carboxylic acids is 1. The van der Waals surface area contributed by atoms with Crippen LogP contribution in [-0.2, 0) is 0 Å². The molecule has 86 valence electrons. The number of carbonyl (C=O) groups is 1. The van der Waals surface area contributed by atoms with E-state index >= 15 is 0 Å². The highest BCUT2D eigenvalue weighted by Crippen LogP contribution is 2.23. The molecule has 1 rings (SSSR count). The Hall–Kier alpha value is -1.22. The summed E-state index contributed by atoms with van der Waals surface area (Å²) in [6.45, 7) is 6.06. The molecule has 1 aromatic rings. The van der Waals surface area contributed by atoms with E-state index in [1.54, 1.807) is 19.0 Å². The van der Waals surface area contributed by atoms with Crippen molar-refractivity contribution >= 4 is 22.6 Å². The van der Waals surface area contributed by atoms with E-state index in [1.807, 2.05) is 24.3 Å². The first kappa shape index (κ1) is 12.8. The van der Waals surface area contributed by atoms with Gasteiger partial charge in [0.05, 0.1) is 0 Å². The molecule has 0 aliphatic rings. The molecule has 1 aromatic carbocycles. The zero-order valence-corrected chi connectivity index (χ0v) is 10.8. The summed E-state index contributed by atoms with van der Waals surface area (Å²) < 4.78 is 0. The Kier molecular flexibility index (Phi) is 4.62. The van der Waals surface area contributed by atoms with E-state index in [0.717, 1.165) is 22.5 Å². The second-order valence-corrected chi connectivity index (χ2v) is 4.77. The van der Waals surface area contributed by atoms with Crippen LogP contribution in [0.1, 0.15) is 18.9 Å². The van der Waals surface area contributed by atoms with Gasteiger partial charge in [-0.3, -0.25) is 4.79 Å². The molecule has 0 radical (unpaired) electrons. The molecule has 0 heterocycles. The molecule has 0 N–H and O–H groups in total. The quantitative estimate of drug-likeness (QED) is 0.741. The number of amides is 1. The van der Waals surface area contributed by atoms with Gasteiger partial charge in [-0.25, -0.2) is 0 Å². The fraction of sp³-hybridized carbons (Fsp3) is 0.308. The van der Waals surface area contributed by atoms with E-state index in [1.165, 1.54) is 11.8 Å². The first-order valence-electron chi connectivity index (χ1n) is 5.22. The Bertz CT molecular complexity index is 381. The van der Waals surface area contributed by atoms with Crippen LogP contribution in [0.2, 0.25) is 0 Å². The van der Waals surface area contributed by atoms with Crippen LogP contribution in [0.4, 0.5) is 4.79 Å². The molecule has 0 aliphatic carbocycles. The maximum atomic E-state index is 11.5. The van der Waals surface area contributed by atoms with Crippen molar-refractivity contribution in [2.24, 2.45) is 0 Å². The van der Waals surface area contributed by atoms with Gasteiger partial charge in [0.1, 0.15) is 0 Å². The Balaban J connectivity index is 2.72. The van der Waals surface area contributed by atoms with Crippen LogP contribution in [0.15, 0.2) is 35.7 Å². The number of benzene rings is 1. The lowest BCUT2D eigenvalue weighted by molar-refractivity contribution is 0.241. The molecule has 0 fully saturated rings. The maximum absolute atomic E-state index is 11.5. The molecule has 0 saturated carbocycles. The van der Waals surface area contributed by atoms with Crippen LogP contribution < -0.4 is 0 Å². The van der Waals surface area contributed by atoms with E-state index in [2.05, 4.69) is 13.5 Å². The van der Waals surface area contributed by atoms with E-state index < -0.39 is 0 Å². The van der Waals surface area contributed by atoms with E-state index in [9.17, 15) is 4.79 Å². The standard InChI is InChI=1S/C13H17NOS/c1-5-10(2)11-6-8-12(9-7-11)16-13(15)14(3)4/h6-9H,2,5H2,1,3-4H3. The fourth-order valence-corrected chi connectivity index (χ4v) is 1.81. The van der Waals surface area contributed by atoms with Gasteiger partial charge in [0.25, 0.3) is 5.24 Å². The topological polar surface area (TPSA) is 20.3 Å². The Labute approximate surface area is 101 Å². The molecule has 0 saturated heterocycles. The monoisotopic (exact) mass is 235 g/mol. The van der Waals surface area contributed by atoms with Gasteiger partial charge >= 0.3 is 0 Å². The van der Waals surface area contributed by atoms with Gasteiger partial charge in [0.15, 0.2) is 0 Å². The van der Waals surface area contributed by atoms with Crippen molar-refractivity contribution in [1.82, 2.24) is 4.90 Å². The van der Waals surface area contributed by atoms with E-state index in [0.29, 0.717) is 0 Å². The molecule has 2 nitrogen and oxygen atoms in total. The van der Waals surface area contributed by atoms with Crippen molar-refractivity contribution in [3.8, 4) is 0 Å². The van der Waals surface area contributed by atoms with Crippen molar-refractivity contribution in [1.29, 1.82) is 0 Å². The minimum Gasteiger partial charge on any atom is -0.339 e. The summed E-state index contributed by atoms with van der Waals surface area (Å²) in [4.78, 5) is 14.0. The van der Waals surface area contributed by atoms with Gasteiger partial charge in [0.2, 0.25) is 0 Å². The van der Waals surface area contributed by atoms with E-state index in [4.69, 9.17) is 0 Å². The van der Waals surface area contributed by atoms with Crippen LogP contribution in [0, 0.1) is 0 Å². The smallest absolute Gasteiger partial charge is 0.285 e. The van der Waals surface area contributed by atoms with Gasteiger partial charge in [0, 0.05) is 19.0 Å². The third-order valence-corrected chi connectivity index (χ3v) is 3.31. The van der Waals surface area contributed by atoms with Crippen molar-refractivity contribution in [2.45, 2.75) is 18.2 Å². The number of hydrogen-bond donors (Lipinski definition) is 0. The van der Waals surface area contributed by atoms with Crippen LogP contribution in [-0.4, -0.2) is 24.2 Å². The third kappa shape index (κ3) is 3.42. The number of allylic oxidation sites excluding steroid dienone is 1. The van der Waals surface area contributed by atoms with Gasteiger partial charge in [-0.05, 0) is 41.5 Å². The first-order valence-corrected chi connectivity index (χ1v) is 6.03. The highest BCUT2D eigenvalue weighted by molar-refractivity contribution is 8.13. The molecule has 1 amide bonds. The summed E-state index contributed by atoms with van der Waals surface area (Å²) in [5.41, 5.74) is 2.26. The molecule has 0 bridgehead atoms. The second-order valence-electron chi connectivity index (χ2n) is 3.74. The fourth-order valence-electron chi connectivity index (χ4n) is 1.15. The molecular weight excluding hydrogens is 218 g/mol. The summed E-state index contributed by atoms with van der Waals surface area (Å²) in [7, 11) is 3.51. The number of nitrogens with zero attached hydrogens (tertiary/aromatic N) is 1. The Morgan fingerprint density at radius 1 is 1.31 bits per heavy atom. The molecular formula is C13H17NOS. The lowest BCUT2D eigenvalue weighted by atomic mass is 10.1. The first-order chi connectivity index (χ1) is 7.54. The predicted octanol–water partition coefficient (Wildman–Crippen LogP) is 3.88. The molecule has 16 heavy (non-hydrogen) atoms. The predicted molar refractivity (Wildman–Crippen MR) is 70.7 cm³/mol. The minimum atomic E-state index is 0.0436. The third-order valence-electron chi connectivity index (χ3n) is 2.26. The van der Waals surface area contributed by atoms with Crippen molar-refractivity contribution < 1.29 is 4.79 Å². The minimum absolute atomic E-state index is 0.0436. The normalized spacial score (nSPS) is 9.94. The van der Waals surface area contributed by atoms with Gasteiger partial charge < -0.3 is 4.90 Å².